The Morgan fingerprint density at radius 3 is 1.66 bits per heavy atom. The normalized spacial score (nSPS) is 39.0. The first-order valence-electron chi connectivity index (χ1n) is 16.1. The maximum absolute atomic E-state index is 12.3. The summed E-state index contributed by atoms with van der Waals surface area (Å²) in [7, 11) is 0. The molecule has 19 nitrogen and oxygen atoms in total. The highest BCUT2D eigenvalue weighted by atomic mass is 16.7. The zero-order chi connectivity index (χ0) is 36.7. The van der Waals surface area contributed by atoms with Crippen LogP contribution in [-0.2, 0) is 49.4 Å². The Hall–Kier alpha value is -2.89. The number of rotatable bonds is 13. The molecule has 4 rings (SSSR count). The first-order valence-corrected chi connectivity index (χ1v) is 16.1. The van der Waals surface area contributed by atoms with Crippen LogP contribution in [0, 0.1) is 0 Å². The zero-order valence-corrected chi connectivity index (χ0v) is 27.7. The van der Waals surface area contributed by atoms with Crippen molar-refractivity contribution in [2.75, 3.05) is 19.8 Å². The van der Waals surface area contributed by atoms with E-state index in [0.29, 0.717) is 5.56 Å². The predicted molar refractivity (Wildman–Crippen MR) is 165 cm³/mol. The quantitative estimate of drug-likeness (QED) is 0.0915. The third kappa shape index (κ3) is 9.70. The van der Waals surface area contributed by atoms with Crippen molar-refractivity contribution in [2.24, 2.45) is 0 Å². The summed E-state index contributed by atoms with van der Waals surface area (Å²) in [6.07, 6.45) is -18.1. The van der Waals surface area contributed by atoms with E-state index < -0.39 is 129 Å². The summed E-state index contributed by atoms with van der Waals surface area (Å²) in [5.41, 5.74) is 0.696. The van der Waals surface area contributed by atoms with Crippen LogP contribution in [0.5, 0.6) is 0 Å². The Morgan fingerprint density at radius 1 is 0.640 bits per heavy atom. The molecular weight excluding hydrogens is 670 g/mol. The van der Waals surface area contributed by atoms with Crippen LogP contribution in [0.1, 0.15) is 26.3 Å². The van der Waals surface area contributed by atoms with Gasteiger partial charge in [-0.3, -0.25) is 14.4 Å². The van der Waals surface area contributed by atoms with Gasteiger partial charge in [-0.1, -0.05) is 30.3 Å². The van der Waals surface area contributed by atoms with Gasteiger partial charge in [-0.15, -0.1) is 0 Å². The molecule has 0 bridgehead atoms. The maximum atomic E-state index is 12.3. The molecule has 1 aromatic carbocycles. The fourth-order valence-corrected chi connectivity index (χ4v) is 6.12. The van der Waals surface area contributed by atoms with E-state index in [1.54, 1.807) is 30.3 Å². The Bertz CT molecular complexity index is 1260. The van der Waals surface area contributed by atoms with Crippen molar-refractivity contribution >= 4 is 17.7 Å². The van der Waals surface area contributed by atoms with Gasteiger partial charge in [0.25, 0.3) is 0 Å². The molecule has 0 aliphatic carbocycles. The minimum atomic E-state index is -1.74. The summed E-state index contributed by atoms with van der Waals surface area (Å²) < 4.78 is 35.8. The van der Waals surface area contributed by atoms with Crippen LogP contribution in [0.25, 0.3) is 0 Å². The average Bonchev–Trinajstić information content (AvgIpc) is 3.07. The summed E-state index contributed by atoms with van der Waals surface area (Å²) in [4.78, 5) is 36.4. The summed E-state index contributed by atoms with van der Waals surface area (Å²) in [6, 6.07) is 4.84. The summed E-state index contributed by atoms with van der Waals surface area (Å²) in [5.74, 6) is -1.79. The standard InChI is InChI=1S/C31H47N3O16/c1-13(37)32-20-25(42)23(40)17(9-35)48-30(20)46-12-19-27(50-31-21(33-14(2)38)26(43)24(41)18(10-36)49-31)28(22(29(44)47-19)34-15(3)39)45-11-16-7-5-4-6-8-16/h4-8,17-31,35-36,40-44H,9-12H2,1-3H3,(H,32,37)(H,33,38)(H,34,39)/t17-,18+,19+,20-,21+,22+,23+,24-,25-,26+,27+,28+,29+,30+,31-/m0/s1. The van der Waals surface area contributed by atoms with Gasteiger partial charge >= 0.3 is 0 Å². The maximum Gasteiger partial charge on any atom is 0.217 e. The molecule has 15 atom stereocenters. The molecule has 0 spiro atoms. The summed E-state index contributed by atoms with van der Waals surface area (Å²) in [5, 5.41) is 80.8. The highest BCUT2D eigenvalue weighted by molar-refractivity contribution is 5.74. The Labute approximate surface area is 287 Å². The molecule has 10 N–H and O–H groups in total. The van der Waals surface area contributed by atoms with E-state index in [0.717, 1.165) is 13.8 Å². The Kier molecular flexibility index (Phi) is 14.4. The molecule has 19 heteroatoms. The monoisotopic (exact) mass is 717 g/mol. The third-order valence-corrected chi connectivity index (χ3v) is 8.54. The van der Waals surface area contributed by atoms with Gasteiger partial charge in [-0.05, 0) is 5.56 Å². The van der Waals surface area contributed by atoms with Crippen LogP contribution < -0.4 is 16.0 Å². The number of aliphatic hydroxyl groups excluding tert-OH is 7. The van der Waals surface area contributed by atoms with Crippen LogP contribution in [0.15, 0.2) is 30.3 Å². The summed E-state index contributed by atoms with van der Waals surface area (Å²) in [6.45, 7) is 1.44. The molecule has 282 valence electrons. The van der Waals surface area contributed by atoms with E-state index >= 15 is 0 Å². The number of ether oxygens (including phenoxy) is 6. The lowest BCUT2D eigenvalue weighted by molar-refractivity contribution is -0.340. The lowest BCUT2D eigenvalue weighted by Crippen LogP contribution is -2.70. The minimum Gasteiger partial charge on any atom is -0.394 e. The number of hydrogen-bond acceptors (Lipinski definition) is 16. The van der Waals surface area contributed by atoms with Crippen molar-refractivity contribution in [1.82, 2.24) is 16.0 Å². The number of aliphatic hydroxyl groups is 7. The smallest absolute Gasteiger partial charge is 0.217 e. The molecule has 3 fully saturated rings. The molecule has 50 heavy (non-hydrogen) atoms. The van der Waals surface area contributed by atoms with Crippen molar-refractivity contribution in [3.63, 3.8) is 0 Å². The molecule has 3 aliphatic rings. The van der Waals surface area contributed by atoms with Crippen LogP contribution in [0.2, 0.25) is 0 Å². The van der Waals surface area contributed by atoms with Crippen molar-refractivity contribution in [2.45, 2.75) is 119 Å². The lowest BCUT2D eigenvalue weighted by atomic mass is 9.94. The van der Waals surface area contributed by atoms with Crippen LogP contribution in [0.4, 0.5) is 0 Å². The second kappa shape index (κ2) is 18.0. The zero-order valence-electron chi connectivity index (χ0n) is 27.7. The fourth-order valence-electron chi connectivity index (χ4n) is 6.12. The molecule has 3 aliphatic heterocycles. The second-order valence-corrected chi connectivity index (χ2v) is 12.4. The topological polar surface area (TPSA) is 284 Å². The molecule has 0 saturated carbocycles. The molecule has 3 saturated heterocycles. The largest absolute Gasteiger partial charge is 0.394 e. The van der Waals surface area contributed by atoms with Gasteiger partial charge in [0.2, 0.25) is 17.7 Å². The van der Waals surface area contributed by atoms with Crippen molar-refractivity contribution in [3.8, 4) is 0 Å². The van der Waals surface area contributed by atoms with Gasteiger partial charge < -0.3 is 80.1 Å². The van der Waals surface area contributed by atoms with E-state index in [2.05, 4.69) is 16.0 Å². The Morgan fingerprint density at radius 2 is 1.14 bits per heavy atom. The molecule has 0 unspecified atom stereocenters. The van der Waals surface area contributed by atoms with E-state index in [-0.39, 0.29) is 6.61 Å². The molecule has 1 aromatic rings. The molecular formula is C31H47N3O16. The number of benzene rings is 1. The number of carbonyl (C=O) groups excluding carboxylic acids is 3. The highest BCUT2D eigenvalue weighted by Crippen LogP contribution is 2.32. The van der Waals surface area contributed by atoms with Gasteiger partial charge in [0.1, 0.15) is 73.1 Å². The summed E-state index contributed by atoms with van der Waals surface area (Å²) >= 11 is 0. The van der Waals surface area contributed by atoms with E-state index in [4.69, 9.17) is 28.4 Å². The number of amides is 3. The van der Waals surface area contributed by atoms with Crippen molar-refractivity contribution in [3.05, 3.63) is 35.9 Å². The van der Waals surface area contributed by atoms with Gasteiger partial charge in [0.05, 0.1) is 26.4 Å². The lowest BCUT2D eigenvalue weighted by Gasteiger charge is -2.49. The van der Waals surface area contributed by atoms with Crippen LogP contribution >= 0.6 is 0 Å². The number of nitrogens with one attached hydrogen (secondary N) is 3. The fraction of sp³-hybridized carbons (Fsp3) is 0.710. The molecule has 0 radical (unpaired) electrons. The predicted octanol–water partition coefficient (Wildman–Crippen LogP) is -4.92. The first-order chi connectivity index (χ1) is 23.7. The van der Waals surface area contributed by atoms with Gasteiger partial charge in [-0.2, -0.15) is 0 Å². The molecule has 3 heterocycles. The molecule has 0 aromatic heterocycles. The van der Waals surface area contributed by atoms with Crippen LogP contribution in [-0.4, -0.2) is 165 Å². The first kappa shape index (κ1) is 39.9. The highest BCUT2D eigenvalue weighted by Gasteiger charge is 2.53. The Balaban J connectivity index is 1.70. The van der Waals surface area contributed by atoms with Crippen LogP contribution in [0.3, 0.4) is 0 Å². The minimum absolute atomic E-state index is 0.0679. The number of carbonyl (C=O) groups is 3. The van der Waals surface area contributed by atoms with Gasteiger partial charge in [-0.25, -0.2) is 0 Å². The third-order valence-electron chi connectivity index (χ3n) is 8.54. The second-order valence-electron chi connectivity index (χ2n) is 12.4. The van der Waals surface area contributed by atoms with Gasteiger partial charge in [0.15, 0.2) is 18.9 Å². The van der Waals surface area contributed by atoms with Crippen molar-refractivity contribution < 1.29 is 78.6 Å². The SMILES string of the molecule is CC(=O)N[C@@H]1[C@H](OC[C@H]2O[C@@H](O)[C@H](NC(C)=O)[C@@H](OCc3ccccc3)[C@@H]2O[C@@H]2O[C@H](CO)[C@H](O)[C@H](O)[C@H]2NC(C)=O)O[C@@H](CO)[C@@H](O)[C@H]1O. The van der Waals surface area contributed by atoms with E-state index in [1.165, 1.54) is 6.92 Å². The average molecular weight is 718 g/mol. The molecule has 3 amide bonds. The van der Waals surface area contributed by atoms with Crippen molar-refractivity contribution in [1.29, 1.82) is 0 Å². The van der Waals surface area contributed by atoms with E-state index in [9.17, 15) is 50.1 Å². The van der Waals surface area contributed by atoms with E-state index in [1.807, 2.05) is 0 Å². The number of hydrogen-bond donors (Lipinski definition) is 10. The van der Waals surface area contributed by atoms with Gasteiger partial charge in [0, 0.05) is 20.8 Å².